The topological polar surface area (TPSA) is 103 Å². The third-order valence-corrected chi connectivity index (χ3v) is 2.10. The van der Waals surface area contributed by atoms with E-state index < -0.39 is 0 Å². The first kappa shape index (κ1) is 12.9. The molecular formula is C11H13N5O3. The van der Waals surface area contributed by atoms with E-state index in [0.29, 0.717) is 18.3 Å². The molecule has 0 fully saturated rings. The SMILES string of the molecule is Cc1noc(COC(=O)CCNc2ncccn2)n1. The number of nitrogens with one attached hydrogen (secondary N) is 1. The summed E-state index contributed by atoms with van der Waals surface area (Å²) in [5.41, 5.74) is 0. The summed E-state index contributed by atoms with van der Waals surface area (Å²) in [5.74, 6) is 0.904. The van der Waals surface area contributed by atoms with Gasteiger partial charge in [-0.1, -0.05) is 5.16 Å². The van der Waals surface area contributed by atoms with Crippen LogP contribution in [0.3, 0.4) is 0 Å². The second kappa shape index (κ2) is 6.43. The number of rotatable bonds is 6. The summed E-state index contributed by atoms with van der Waals surface area (Å²) < 4.78 is 9.78. The van der Waals surface area contributed by atoms with Crippen molar-refractivity contribution in [3.63, 3.8) is 0 Å². The van der Waals surface area contributed by atoms with Crippen molar-refractivity contribution in [2.45, 2.75) is 20.0 Å². The maximum absolute atomic E-state index is 11.4. The Kier molecular flexibility index (Phi) is 4.38. The minimum Gasteiger partial charge on any atom is -0.456 e. The quantitative estimate of drug-likeness (QED) is 0.760. The maximum Gasteiger partial charge on any atom is 0.308 e. The van der Waals surface area contributed by atoms with Crippen molar-refractivity contribution in [1.82, 2.24) is 20.1 Å². The first-order valence-corrected chi connectivity index (χ1v) is 5.70. The molecule has 0 aliphatic carbocycles. The van der Waals surface area contributed by atoms with E-state index in [2.05, 4.69) is 25.4 Å². The number of carbonyl (C=O) groups is 1. The van der Waals surface area contributed by atoms with Gasteiger partial charge in [-0.2, -0.15) is 4.98 Å². The lowest BCUT2D eigenvalue weighted by molar-refractivity contribution is -0.145. The van der Waals surface area contributed by atoms with Gasteiger partial charge in [0, 0.05) is 18.9 Å². The molecule has 0 bridgehead atoms. The lowest BCUT2D eigenvalue weighted by Crippen LogP contribution is -2.12. The molecule has 2 heterocycles. The second-order valence-corrected chi connectivity index (χ2v) is 3.65. The van der Waals surface area contributed by atoms with E-state index in [1.54, 1.807) is 25.4 Å². The molecule has 0 amide bonds. The Labute approximate surface area is 109 Å². The maximum atomic E-state index is 11.4. The van der Waals surface area contributed by atoms with Crippen molar-refractivity contribution in [3.8, 4) is 0 Å². The molecule has 0 radical (unpaired) electrons. The van der Waals surface area contributed by atoms with E-state index in [4.69, 9.17) is 9.26 Å². The number of aryl methyl sites for hydroxylation is 1. The molecular weight excluding hydrogens is 250 g/mol. The molecule has 8 nitrogen and oxygen atoms in total. The summed E-state index contributed by atoms with van der Waals surface area (Å²) in [7, 11) is 0. The summed E-state index contributed by atoms with van der Waals surface area (Å²) in [4.78, 5) is 23.3. The Morgan fingerprint density at radius 2 is 2.21 bits per heavy atom. The number of hydrogen-bond donors (Lipinski definition) is 1. The van der Waals surface area contributed by atoms with Crippen molar-refractivity contribution >= 4 is 11.9 Å². The number of anilines is 1. The smallest absolute Gasteiger partial charge is 0.308 e. The predicted molar refractivity (Wildman–Crippen MR) is 64.0 cm³/mol. The standard InChI is InChI=1S/C11H13N5O3/c1-8-15-9(19-16-8)7-18-10(17)3-6-14-11-12-4-2-5-13-11/h2,4-5H,3,6-7H2,1H3,(H,12,13,14). The van der Waals surface area contributed by atoms with Gasteiger partial charge < -0.3 is 14.6 Å². The third kappa shape index (κ3) is 4.34. The van der Waals surface area contributed by atoms with E-state index in [9.17, 15) is 4.79 Å². The van der Waals surface area contributed by atoms with Gasteiger partial charge in [0.1, 0.15) is 0 Å². The van der Waals surface area contributed by atoms with Crippen LogP contribution >= 0.6 is 0 Å². The zero-order chi connectivity index (χ0) is 13.5. The number of ether oxygens (including phenoxy) is 1. The lowest BCUT2D eigenvalue weighted by Gasteiger charge is -2.03. The Morgan fingerprint density at radius 1 is 1.42 bits per heavy atom. The van der Waals surface area contributed by atoms with Gasteiger partial charge in [-0.05, 0) is 13.0 Å². The Morgan fingerprint density at radius 3 is 2.89 bits per heavy atom. The normalized spacial score (nSPS) is 10.2. The first-order valence-electron chi connectivity index (χ1n) is 5.70. The fraction of sp³-hybridized carbons (Fsp3) is 0.364. The molecule has 0 spiro atoms. The van der Waals surface area contributed by atoms with Crippen LogP contribution in [-0.4, -0.2) is 32.6 Å². The predicted octanol–water partition coefficient (Wildman–Crippen LogP) is 0.713. The van der Waals surface area contributed by atoms with Gasteiger partial charge in [-0.15, -0.1) is 0 Å². The molecule has 0 saturated heterocycles. The van der Waals surface area contributed by atoms with E-state index in [1.165, 1.54) is 0 Å². The molecule has 0 aliphatic heterocycles. The number of hydrogen-bond acceptors (Lipinski definition) is 8. The van der Waals surface area contributed by atoms with Crippen LogP contribution in [0.5, 0.6) is 0 Å². The average molecular weight is 263 g/mol. The lowest BCUT2D eigenvalue weighted by atomic mass is 10.4. The zero-order valence-corrected chi connectivity index (χ0v) is 10.4. The average Bonchev–Trinajstić information content (AvgIpc) is 2.83. The number of carbonyl (C=O) groups excluding carboxylic acids is 1. The molecule has 0 aliphatic rings. The van der Waals surface area contributed by atoms with Crippen LogP contribution in [0.1, 0.15) is 18.1 Å². The van der Waals surface area contributed by atoms with E-state index >= 15 is 0 Å². The Bertz CT molecular complexity index is 528. The molecule has 100 valence electrons. The van der Waals surface area contributed by atoms with Crippen molar-refractivity contribution in [3.05, 3.63) is 30.2 Å². The summed E-state index contributed by atoms with van der Waals surface area (Å²) in [6.07, 6.45) is 3.43. The van der Waals surface area contributed by atoms with Crippen LogP contribution in [-0.2, 0) is 16.1 Å². The molecule has 8 heteroatoms. The van der Waals surface area contributed by atoms with Crippen molar-refractivity contribution in [1.29, 1.82) is 0 Å². The van der Waals surface area contributed by atoms with Crippen LogP contribution in [0.25, 0.3) is 0 Å². The van der Waals surface area contributed by atoms with Crippen LogP contribution in [0.2, 0.25) is 0 Å². The highest BCUT2D eigenvalue weighted by Crippen LogP contribution is 2.00. The summed E-state index contributed by atoms with van der Waals surface area (Å²) in [6.45, 7) is 2.08. The first-order chi connectivity index (χ1) is 9.24. The van der Waals surface area contributed by atoms with E-state index in [1.807, 2.05) is 0 Å². The summed E-state index contributed by atoms with van der Waals surface area (Å²) >= 11 is 0. The van der Waals surface area contributed by atoms with Gasteiger partial charge >= 0.3 is 5.97 Å². The molecule has 2 aromatic rings. The molecule has 0 saturated carbocycles. The van der Waals surface area contributed by atoms with Gasteiger partial charge in [-0.25, -0.2) is 9.97 Å². The van der Waals surface area contributed by atoms with Crippen LogP contribution < -0.4 is 5.32 Å². The molecule has 1 N–H and O–H groups in total. The van der Waals surface area contributed by atoms with Crippen LogP contribution in [0.15, 0.2) is 23.0 Å². The van der Waals surface area contributed by atoms with Crippen LogP contribution in [0, 0.1) is 6.92 Å². The Hall–Kier alpha value is -2.51. The van der Waals surface area contributed by atoms with Crippen molar-refractivity contribution in [2.24, 2.45) is 0 Å². The van der Waals surface area contributed by atoms with Crippen molar-refractivity contribution < 1.29 is 14.1 Å². The van der Waals surface area contributed by atoms with Crippen molar-refractivity contribution in [2.75, 3.05) is 11.9 Å². The summed E-state index contributed by atoms with van der Waals surface area (Å²) in [5, 5.41) is 6.49. The fourth-order valence-electron chi connectivity index (χ4n) is 1.28. The number of nitrogens with zero attached hydrogens (tertiary/aromatic N) is 4. The van der Waals surface area contributed by atoms with Gasteiger partial charge in [-0.3, -0.25) is 4.79 Å². The van der Waals surface area contributed by atoms with Crippen LogP contribution in [0.4, 0.5) is 5.95 Å². The highest BCUT2D eigenvalue weighted by atomic mass is 16.6. The van der Waals surface area contributed by atoms with E-state index in [-0.39, 0.29) is 24.9 Å². The van der Waals surface area contributed by atoms with E-state index in [0.717, 1.165) is 0 Å². The monoisotopic (exact) mass is 263 g/mol. The molecule has 0 atom stereocenters. The highest BCUT2D eigenvalue weighted by molar-refractivity contribution is 5.69. The zero-order valence-electron chi connectivity index (χ0n) is 10.4. The molecule has 19 heavy (non-hydrogen) atoms. The highest BCUT2D eigenvalue weighted by Gasteiger charge is 2.07. The van der Waals surface area contributed by atoms with Gasteiger partial charge in [0.15, 0.2) is 12.4 Å². The summed E-state index contributed by atoms with van der Waals surface area (Å²) in [6, 6.07) is 1.71. The molecule has 0 aromatic carbocycles. The fourth-order valence-corrected chi connectivity index (χ4v) is 1.28. The Balaban J connectivity index is 1.65. The third-order valence-electron chi connectivity index (χ3n) is 2.10. The largest absolute Gasteiger partial charge is 0.456 e. The minimum absolute atomic E-state index is 0.0124. The van der Waals surface area contributed by atoms with Gasteiger partial charge in [0.2, 0.25) is 5.95 Å². The molecule has 0 unspecified atom stereocenters. The minimum atomic E-state index is -0.362. The molecule has 2 rings (SSSR count). The van der Waals surface area contributed by atoms with Gasteiger partial charge in [0.25, 0.3) is 5.89 Å². The number of esters is 1. The van der Waals surface area contributed by atoms with Gasteiger partial charge in [0.05, 0.1) is 6.42 Å². The number of aromatic nitrogens is 4. The second-order valence-electron chi connectivity index (χ2n) is 3.65. The molecule has 2 aromatic heterocycles.